The molecule has 8 heteroatoms. The van der Waals surface area contributed by atoms with Gasteiger partial charge < -0.3 is 19.5 Å². The molecule has 0 aromatic heterocycles. The van der Waals surface area contributed by atoms with Gasteiger partial charge >= 0.3 is 5.97 Å². The number of esters is 1. The molecule has 0 aliphatic heterocycles. The molecular formula is C20H19F2NO5. The minimum absolute atomic E-state index is 0.120. The predicted molar refractivity (Wildman–Crippen MR) is 97.7 cm³/mol. The number of carbonyl (C=O) groups excluding carboxylic acids is 2. The van der Waals surface area contributed by atoms with Gasteiger partial charge in [0.05, 0.1) is 14.2 Å². The minimum atomic E-state index is -0.768. The van der Waals surface area contributed by atoms with Gasteiger partial charge in [0.25, 0.3) is 5.91 Å². The van der Waals surface area contributed by atoms with E-state index in [4.69, 9.17) is 14.2 Å². The van der Waals surface area contributed by atoms with Crippen molar-refractivity contribution in [1.29, 1.82) is 0 Å². The van der Waals surface area contributed by atoms with Crippen LogP contribution in [0.5, 0.6) is 11.5 Å². The number of halogens is 2. The number of carbonyl (C=O) groups is 2. The van der Waals surface area contributed by atoms with Crippen LogP contribution in [0.3, 0.4) is 0 Å². The summed E-state index contributed by atoms with van der Waals surface area (Å²) in [7, 11) is 3.01. The van der Waals surface area contributed by atoms with Gasteiger partial charge in [0.1, 0.15) is 11.6 Å². The number of amides is 1. The second kappa shape index (κ2) is 10.1. The lowest BCUT2D eigenvalue weighted by molar-refractivity contribution is -0.143. The highest BCUT2D eigenvalue weighted by Crippen LogP contribution is 2.27. The number of hydrogen-bond donors (Lipinski definition) is 1. The van der Waals surface area contributed by atoms with E-state index in [-0.39, 0.29) is 12.1 Å². The van der Waals surface area contributed by atoms with Crippen molar-refractivity contribution < 1.29 is 32.6 Å². The quantitative estimate of drug-likeness (QED) is 0.553. The second-order valence-electron chi connectivity index (χ2n) is 5.57. The summed E-state index contributed by atoms with van der Waals surface area (Å²) < 4.78 is 41.4. The Bertz CT molecular complexity index is 883. The third kappa shape index (κ3) is 6.08. The predicted octanol–water partition coefficient (Wildman–Crippen LogP) is 2.85. The van der Waals surface area contributed by atoms with Crippen molar-refractivity contribution in [3.05, 3.63) is 65.2 Å². The number of ether oxygens (including phenoxy) is 3. The number of rotatable bonds is 8. The zero-order valence-corrected chi connectivity index (χ0v) is 15.3. The monoisotopic (exact) mass is 391 g/mol. The van der Waals surface area contributed by atoms with Gasteiger partial charge in [-0.05, 0) is 29.8 Å². The molecule has 0 unspecified atom stereocenters. The first-order valence-corrected chi connectivity index (χ1v) is 8.20. The van der Waals surface area contributed by atoms with Gasteiger partial charge in [0, 0.05) is 24.3 Å². The molecule has 0 bridgehead atoms. The van der Waals surface area contributed by atoms with Crippen molar-refractivity contribution in [1.82, 2.24) is 5.32 Å². The molecule has 0 atom stereocenters. The summed E-state index contributed by atoms with van der Waals surface area (Å²) in [6, 6.07) is 8.11. The Labute approximate surface area is 160 Å². The van der Waals surface area contributed by atoms with Crippen LogP contribution < -0.4 is 14.8 Å². The third-order valence-electron chi connectivity index (χ3n) is 3.66. The molecule has 28 heavy (non-hydrogen) atoms. The Balaban J connectivity index is 1.81. The van der Waals surface area contributed by atoms with Gasteiger partial charge in [-0.3, -0.25) is 4.79 Å². The highest BCUT2D eigenvalue weighted by molar-refractivity contribution is 5.89. The number of nitrogens with one attached hydrogen (secondary N) is 1. The number of benzene rings is 2. The summed E-state index contributed by atoms with van der Waals surface area (Å²) in [4.78, 5) is 23.4. The zero-order chi connectivity index (χ0) is 20.5. The van der Waals surface area contributed by atoms with Crippen molar-refractivity contribution in [2.45, 2.75) is 6.54 Å². The highest BCUT2D eigenvalue weighted by Gasteiger charge is 2.08. The van der Waals surface area contributed by atoms with Crippen LogP contribution in [0.4, 0.5) is 8.78 Å². The highest BCUT2D eigenvalue weighted by atomic mass is 19.1. The minimum Gasteiger partial charge on any atom is -0.493 e. The maximum atomic E-state index is 13.5. The third-order valence-corrected chi connectivity index (χ3v) is 3.66. The van der Waals surface area contributed by atoms with Gasteiger partial charge in [-0.15, -0.1) is 0 Å². The van der Waals surface area contributed by atoms with E-state index in [2.05, 4.69) is 5.32 Å². The van der Waals surface area contributed by atoms with Crippen LogP contribution >= 0.6 is 0 Å². The van der Waals surface area contributed by atoms with Crippen molar-refractivity contribution in [2.75, 3.05) is 20.8 Å². The number of hydrogen-bond acceptors (Lipinski definition) is 5. The normalized spacial score (nSPS) is 10.6. The van der Waals surface area contributed by atoms with E-state index in [1.165, 1.54) is 26.4 Å². The molecule has 0 saturated carbocycles. The summed E-state index contributed by atoms with van der Waals surface area (Å²) in [5.74, 6) is -1.76. The fourth-order valence-corrected chi connectivity index (χ4v) is 2.22. The molecule has 2 aromatic carbocycles. The molecule has 0 spiro atoms. The number of methoxy groups -OCH3 is 2. The topological polar surface area (TPSA) is 73.9 Å². The van der Waals surface area contributed by atoms with Gasteiger partial charge in [-0.25, -0.2) is 13.6 Å². The van der Waals surface area contributed by atoms with E-state index in [1.54, 1.807) is 18.2 Å². The molecule has 0 fully saturated rings. The summed E-state index contributed by atoms with van der Waals surface area (Å²) in [5, 5.41) is 2.38. The molecule has 0 aliphatic rings. The molecule has 0 aliphatic carbocycles. The molecule has 0 saturated heterocycles. The molecule has 1 amide bonds. The largest absolute Gasteiger partial charge is 0.493 e. The van der Waals surface area contributed by atoms with E-state index in [9.17, 15) is 18.4 Å². The van der Waals surface area contributed by atoms with Crippen LogP contribution in [0.1, 0.15) is 11.1 Å². The smallest absolute Gasteiger partial charge is 0.331 e. The maximum absolute atomic E-state index is 13.5. The van der Waals surface area contributed by atoms with Gasteiger partial charge in [0.15, 0.2) is 18.1 Å². The van der Waals surface area contributed by atoms with Crippen molar-refractivity contribution in [2.24, 2.45) is 0 Å². The fourth-order valence-electron chi connectivity index (χ4n) is 2.22. The summed E-state index contributed by atoms with van der Waals surface area (Å²) in [6.45, 7) is -0.679. The summed E-state index contributed by atoms with van der Waals surface area (Å²) in [6.07, 6.45) is 2.66. The second-order valence-corrected chi connectivity index (χ2v) is 5.57. The fraction of sp³-hybridized carbons (Fsp3) is 0.200. The molecular weight excluding hydrogens is 372 g/mol. The molecule has 148 valence electrons. The van der Waals surface area contributed by atoms with Crippen molar-refractivity contribution in [3.8, 4) is 11.5 Å². The van der Waals surface area contributed by atoms with E-state index >= 15 is 0 Å². The standard InChI is InChI=1S/C20H19F2NO5/c1-26-17-7-3-13(9-18(17)27-2)4-8-20(25)28-12-19(24)23-11-14-5-6-15(21)10-16(14)22/h3-10H,11-12H2,1-2H3,(H,23,24). The molecule has 2 rings (SSSR count). The van der Waals surface area contributed by atoms with Crippen LogP contribution in [0.15, 0.2) is 42.5 Å². The van der Waals surface area contributed by atoms with Crippen molar-refractivity contribution >= 4 is 18.0 Å². The average Bonchev–Trinajstić information content (AvgIpc) is 2.69. The first kappa shape index (κ1) is 20.9. The SMILES string of the molecule is COc1ccc(C=CC(=O)OCC(=O)NCc2ccc(F)cc2F)cc1OC. The van der Waals surface area contributed by atoms with E-state index in [1.807, 2.05) is 0 Å². The van der Waals surface area contributed by atoms with Crippen molar-refractivity contribution in [3.63, 3.8) is 0 Å². The Morgan fingerprint density at radius 3 is 2.46 bits per heavy atom. The van der Waals surface area contributed by atoms with Crippen LogP contribution in [0.25, 0.3) is 6.08 Å². The molecule has 6 nitrogen and oxygen atoms in total. The summed E-state index contributed by atoms with van der Waals surface area (Å²) in [5.41, 5.74) is 0.792. The lowest BCUT2D eigenvalue weighted by Crippen LogP contribution is -2.28. The first-order chi connectivity index (χ1) is 13.4. The van der Waals surface area contributed by atoms with Crippen LogP contribution in [0.2, 0.25) is 0 Å². The molecule has 0 heterocycles. The van der Waals surface area contributed by atoms with E-state index in [0.717, 1.165) is 18.2 Å². The Hall–Kier alpha value is -3.42. The Morgan fingerprint density at radius 1 is 1.04 bits per heavy atom. The van der Waals surface area contributed by atoms with Gasteiger partial charge in [0.2, 0.25) is 0 Å². The van der Waals surface area contributed by atoms with Crippen LogP contribution in [-0.2, 0) is 20.9 Å². The lowest BCUT2D eigenvalue weighted by Gasteiger charge is -2.08. The van der Waals surface area contributed by atoms with Crippen LogP contribution in [0, 0.1) is 11.6 Å². The molecule has 1 N–H and O–H groups in total. The van der Waals surface area contributed by atoms with Crippen LogP contribution in [-0.4, -0.2) is 32.7 Å². The van der Waals surface area contributed by atoms with E-state index < -0.39 is 30.1 Å². The Kier molecular flexibility index (Phi) is 7.50. The molecule has 0 radical (unpaired) electrons. The Morgan fingerprint density at radius 2 is 1.79 bits per heavy atom. The van der Waals surface area contributed by atoms with Gasteiger partial charge in [-0.1, -0.05) is 12.1 Å². The zero-order valence-electron chi connectivity index (χ0n) is 15.3. The summed E-state index contributed by atoms with van der Waals surface area (Å²) >= 11 is 0. The molecule has 2 aromatic rings. The maximum Gasteiger partial charge on any atom is 0.331 e. The van der Waals surface area contributed by atoms with Gasteiger partial charge in [-0.2, -0.15) is 0 Å². The van der Waals surface area contributed by atoms with E-state index in [0.29, 0.717) is 17.1 Å². The average molecular weight is 391 g/mol. The first-order valence-electron chi connectivity index (χ1n) is 8.20. The lowest BCUT2D eigenvalue weighted by atomic mass is 10.2.